The smallest absolute Gasteiger partial charge is 0.125 e. The molecule has 0 saturated carbocycles. The van der Waals surface area contributed by atoms with E-state index in [1.54, 1.807) is 6.92 Å². The molecule has 0 heterocycles. The van der Waals surface area contributed by atoms with E-state index >= 15 is 0 Å². The number of hydrogen-bond donors (Lipinski definition) is 1. The van der Waals surface area contributed by atoms with Crippen LogP contribution in [0.4, 0.5) is 0 Å². The largest absolute Gasteiger partial charge is 0.492 e. The van der Waals surface area contributed by atoms with Crippen LogP contribution in [-0.2, 0) is 0 Å². The van der Waals surface area contributed by atoms with Crippen molar-refractivity contribution < 1.29 is 9.84 Å². The molecule has 14 heavy (non-hydrogen) atoms. The SMILES string of the molecule is C#CCCOc1ccccc1[C@H](C)O. The van der Waals surface area contributed by atoms with Gasteiger partial charge in [-0.3, -0.25) is 0 Å². The monoisotopic (exact) mass is 190 g/mol. The first kappa shape index (κ1) is 10.6. The molecule has 2 nitrogen and oxygen atoms in total. The quantitative estimate of drug-likeness (QED) is 0.582. The van der Waals surface area contributed by atoms with Gasteiger partial charge in [-0.25, -0.2) is 0 Å². The molecule has 74 valence electrons. The molecule has 0 aromatic heterocycles. The number of rotatable bonds is 4. The van der Waals surface area contributed by atoms with Crippen LogP contribution in [0.5, 0.6) is 5.75 Å². The molecule has 1 N–H and O–H groups in total. The number of ether oxygens (including phenoxy) is 1. The molecule has 0 bridgehead atoms. The predicted octanol–water partition coefficient (Wildman–Crippen LogP) is 2.14. The Balaban J connectivity index is 2.70. The van der Waals surface area contributed by atoms with Crippen molar-refractivity contribution >= 4 is 0 Å². The minimum atomic E-state index is -0.517. The summed E-state index contributed by atoms with van der Waals surface area (Å²) in [6.45, 7) is 2.20. The Hall–Kier alpha value is -1.46. The van der Waals surface area contributed by atoms with Gasteiger partial charge in [-0.05, 0) is 13.0 Å². The average Bonchev–Trinajstić information content (AvgIpc) is 2.19. The van der Waals surface area contributed by atoms with Crippen molar-refractivity contribution in [3.05, 3.63) is 29.8 Å². The van der Waals surface area contributed by atoms with E-state index in [1.807, 2.05) is 24.3 Å². The molecule has 1 aromatic rings. The molecule has 0 amide bonds. The third kappa shape index (κ3) is 2.79. The normalized spacial score (nSPS) is 11.8. The van der Waals surface area contributed by atoms with Crippen molar-refractivity contribution in [2.24, 2.45) is 0 Å². The molecule has 2 heteroatoms. The number of hydrogen-bond acceptors (Lipinski definition) is 2. The lowest BCUT2D eigenvalue weighted by atomic mass is 10.1. The summed E-state index contributed by atoms with van der Waals surface area (Å²) in [5, 5.41) is 9.44. The van der Waals surface area contributed by atoms with E-state index in [4.69, 9.17) is 11.2 Å². The minimum absolute atomic E-state index is 0.486. The molecule has 0 aliphatic heterocycles. The van der Waals surface area contributed by atoms with E-state index in [2.05, 4.69) is 5.92 Å². The highest BCUT2D eigenvalue weighted by Crippen LogP contribution is 2.24. The fourth-order valence-electron chi connectivity index (χ4n) is 1.18. The molecule has 1 rings (SSSR count). The lowest BCUT2D eigenvalue weighted by Crippen LogP contribution is -2.01. The van der Waals surface area contributed by atoms with Gasteiger partial charge in [-0.1, -0.05) is 18.2 Å². The Morgan fingerprint density at radius 2 is 2.21 bits per heavy atom. The van der Waals surface area contributed by atoms with E-state index in [0.29, 0.717) is 18.8 Å². The molecule has 0 unspecified atom stereocenters. The van der Waals surface area contributed by atoms with Gasteiger partial charge in [-0.15, -0.1) is 12.3 Å². The van der Waals surface area contributed by atoms with Gasteiger partial charge in [-0.2, -0.15) is 0 Å². The van der Waals surface area contributed by atoms with Gasteiger partial charge < -0.3 is 9.84 Å². The van der Waals surface area contributed by atoms with Crippen molar-refractivity contribution in [2.75, 3.05) is 6.61 Å². The zero-order valence-electron chi connectivity index (χ0n) is 8.23. The topological polar surface area (TPSA) is 29.5 Å². The molecule has 0 aliphatic rings. The highest BCUT2D eigenvalue weighted by Gasteiger charge is 2.07. The van der Waals surface area contributed by atoms with Gasteiger partial charge in [0.1, 0.15) is 5.75 Å². The number of aliphatic hydroxyl groups excluding tert-OH is 1. The molecule has 0 spiro atoms. The van der Waals surface area contributed by atoms with Crippen LogP contribution in [-0.4, -0.2) is 11.7 Å². The highest BCUT2D eigenvalue weighted by molar-refractivity contribution is 5.34. The Labute approximate surface area is 84.5 Å². The van der Waals surface area contributed by atoms with Crippen LogP contribution in [0.1, 0.15) is 25.0 Å². The Kier molecular flexibility index (Phi) is 4.03. The standard InChI is InChI=1S/C12H14O2/c1-3-4-9-14-12-8-6-5-7-11(12)10(2)13/h1,5-8,10,13H,4,9H2,2H3/t10-/m0/s1. The lowest BCUT2D eigenvalue weighted by Gasteiger charge is -2.11. The van der Waals surface area contributed by atoms with Crippen LogP contribution in [0, 0.1) is 12.3 Å². The van der Waals surface area contributed by atoms with Crippen LogP contribution < -0.4 is 4.74 Å². The van der Waals surface area contributed by atoms with Crippen molar-refractivity contribution in [2.45, 2.75) is 19.4 Å². The van der Waals surface area contributed by atoms with Crippen molar-refractivity contribution in [3.63, 3.8) is 0 Å². The summed E-state index contributed by atoms with van der Waals surface area (Å²) in [7, 11) is 0. The summed E-state index contributed by atoms with van der Waals surface area (Å²) in [6.07, 6.45) is 5.17. The number of aliphatic hydroxyl groups is 1. The van der Waals surface area contributed by atoms with Crippen molar-refractivity contribution in [1.29, 1.82) is 0 Å². The molecule has 1 aromatic carbocycles. The maximum Gasteiger partial charge on any atom is 0.125 e. The second-order valence-electron chi connectivity index (χ2n) is 3.02. The van der Waals surface area contributed by atoms with Gasteiger partial charge in [0.05, 0.1) is 12.7 Å². The summed E-state index contributed by atoms with van der Waals surface area (Å²) in [5.74, 6) is 3.21. The van der Waals surface area contributed by atoms with Crippen molar-refractivity contribution in [1.82, 2.24) is 0 Å². The van der Waals surface area contributed by atoms with Crippen LogP contribution >= 0.6 is 0 Å². The first-order valence-electron chi connectivity index (χ1n) is 4.59. The summed E-state index contributed by atoms with van der Waals surface area (Å²) < 4.78 is 5.44. The number of para-hydroxylation sites is 1. The lowest BCUT2D eigenvalue weighted by molar-refractivity contribution is 0.191. The summed E-state index contributed by atoms with van der Waals surface area (Å²) in [4.78, 5) is 0. The zero-order valence-corrected chi connectivity index (χ0v) is 8.23. The van der Waals surface area contributed by atoms with Gasteiger partial charge in [0, 0.05) is 12.0 Å². The molecular weight excluding hydrogens is 176 g/mol. The van der Waals surface area contributed by atoms with E-state index in [0.717, 1.165) is 5.56 Å². The van der Waals surface area contributed by atoms with Gasteiger partial charge >= 0.3 is 0 Å². The first-order chi connectivity index (χ1) is 6.75. The van der Waals surface area contributed by atoms with Gasteiger partial charge in [0.2, 0.25) is 0 Å². The second kappa shape index (κ2) is 5.31. The van der Waals surface area contributed by atoms with Crippen LogP contribution in [0.15, 0.2) is 24.3 Å². The van der Waals surface area contributed by atoms with Gasteiger partial charge in [0.15, 0.2) is 0 Å². The summed E-state index contributed by atoms with van der Waals surface area (Å²) in [6, 6.07) is 7.42. The fraction of sp³-hybridized carbons (Fsp3) is 0.333. The van der Waals surface area contributed by atoms with E-state index in [9.17, 15) is 5.11 Å². The molecule has 1 atom stereocenters. The molecule has 0 radical (unpaired) electrons. The Morgan fingerprint density at radius 1 is 1.50 bits per heavy atom. The average molecular weight is 190 g/mol. The molecule has 0 aliphatic carbocycles. The summed E-state index contributed by atoms with van der Waals surface area (Å²) >= 11 is 0. The molecule has 0 saturated heterocycles. The fourth-order valence-corrected chi connectivity index (χ4v) is 1.18. The zero-order chi connectivity index (χ0) is 10.4. The number of benzene rings is 1. The molecule has 0 fully saturated rings. The third-order valence-corrected chi connectivity index (χ3v) is 1.87. The predicted molar refractivity (Wildman–Crippen MR) is 56.0 cm³/mol. The number of terminal acetylenes is 1. The van der Waals surface area contributed by atoms with Crippen LogP contribution in [0.3, 0.4) is 0 Å². The second-order valence-corrected chi connectivity index (χ2v) is 3.02. The first-order valence-corrected chi connectivity index (χ1v) is 4.59. The molecular formula is C12H14O2. The van der Waals surface area contributed by atoms with Crippen LogP contribution in [0.25, 0.3) is 0 Å². The summed E-state index contributed by atoms with van der Waals surface area (Å²) in [5.41, 5.74) is 0.796. The maximum absolute atomic E-state index is 9.44. The Morgan fingerprint density at radius 3 is 2.86 bits per heavy atom. The maximum atomic E-state index is 9.44. The third-order valence-electron chi connectivity index (χ3n) is 1.87. The van der Waals surface area contributed by atoms with Crippen molar-refractivity contribution in [3.8, 4) is 18.1 Å². The van der Waals surface area contributed by atoms with E-state index < -0.39 is 6.10 Å². The minimum Gasteiger partial charge on any atom is -0.492 e. The highest BCUT2D eigenvalue weighted by atomic mass is 16.5. The van der Waals surface area contributed by atoms with E-state index in [-0.39, 0.29) is 0 Å². The van der Waals surface area contributed by atoms with Gasteiger partial charge in [0.25, 0.3) is 0 Å². The van der Waals surface area contributed by atoms with Crippen LogP contribution in [0.2, 0.25) is 0 Å². The Bertz CT molecular complexity index is 323. The van der Waals surface area contributed by atoms with E-state index in [1.165, 1.54) is 0 Å².